The Balaban J connectivity index is 1.60. The van der Waals surface area contributed by atoms with Crippen LogP contribution in [0.3, 0.4) is 0 Å². The SMILES string of the molecule is C[C@H]1CN(C(=O)COC(=O)c2ccc3ccccc3n2)C[C@H](C)O1. The molecular weight excluding hydrogens is 308 g/mol. The van der Waals surface area contributed by atoms with E-state index in [0.717, 1.165) is 5.39 Å². The van der Waals surface area contributed by atoms with Crippen LogP contribution in [-0.2, 0) is 14.3 Å². The number of esters is 1. The quantitative estimate of drug-likeness (QED) is 0.807. The van der Waals surface area contributed by atoms with E-state index in [9.17, 15) is 9.59 Å². The number of amides is 1. The second-order valence-corrected chi connectivity index (χ2v) is 6.02. The van der Waals surface area contributed by atoms with Crippen molar-refractivity contribution in [3.8, 4) is 0 Å². The number of hydrogen-bond donors (Lipinski definition) is 0. The van der Waals surface area contributed by atoms with Crippen LogP contribution in [0.25, 0.3) is 10.9 Å². The van der Waals surface area contributed by atoms with Gasteiger partial charge >= 0.3 is 5.97 Å². The molecule has 1 aliphatic rings. The fraction of sp³-hybridized carbons (Fsp3) is 0.389. The molecule has 2 aromatic rings. The van der Waals surface area contributed by atoms with Crippen molar-refractivity contribution in [2.75, 3.05) is 19.7 Å². The van der Waals surface area contributed by atoms with Gasteiger partial charge in [-0.3, -0.25) is 4.79 Å². The smallest absolute Gasteiger partial charge is 0.357 e. The molecule has 0 radical (unpaired) electrons. The van der Waals surface area contributed by atoms with Crippen LogP contribution in [0.15, 0.2) is 36.4 Å². The normalized spacial score (nSPS) is 20.8. The molecule has 2 atom stereocenters. The first kappa shape index (κ1) is 16.4. The van der Waals surface area contributed by atoms with Gasteiger partial charge in [-0.2, -0.15) is 0 Å². The summed E-state index contributed by atoms with van der Waals surface area (Å²) in [7, 11) is 0. The Morgan fingerprint density at radius 1 is 1.17 bits per heavy atom. The third kappa shape index (κ3) is 3.71. The van der Waals surface area contributed by atoms with E-state index < -0.39 is 5.97 Å². The highest BCUT2D eigenvalue weighted by Gasteiger charge is 2.26. The molecule has 2 heterocycles. The summed E-state index contributed by atoms with van der Waals surface area (Å²) >= 11 is 0. The molecule has 1 aromatic carbocycles. The Labute approximate surface area is 140 Å². The van der Waals surface area contributed by atoms with Gasteiger partial charge in [-0.1, -0.05) is 24.3 Å². The lowest BCUT2D eigenvalue weighted by molar-refractivity contribution is -0.146. The number of aromatic nitrogens is 1. The van der Waals surface area contributed by atoms with E-state index >= 15 is 0 Å². The zero-order valence-corrected chi connectivity index (χ0v) is 13.8. The van der Waals surface area contributed by atoms with Gasteiger partial charge in [-0.15, -0.1) is 0 Å². The van der Waals surface area contributed by atoms with E-state index in [1.807, 2.05) is 44.2 Å². The Morgan fingerprint density at radius 3 is 2.62 bits per heavy atom. The molecule has 1 fully saturated rings. The number of rotatable bonds is 3. The highest BCUT2D eigenvalue weighted by atomic mass is 16.5. The average molecular weight is 328 g/mol. The van der Waals surface area contributed by atoms with E-state index in [4.69, 9.17) is 9.47 Å². The first-order chi connectivity index (χ1) is 11.5. The molecule has 1 aliphatic heterocycles. The van der Waals surface area contributed by atoms with Crippen molar-refractivity contribution in [1.29, 1.82) is 0 Å². The number of hydrogen-bond acceptors (Lipinski definition) is 5. The molecule has 1 saturated heterocycles. The maximum absolute atomic E-state index is 12.2. The van der Waals surface area contributed by atoms with Crippen LogP contribution < -0.4 is 0 Å². The van der Waals surface area contributed by atoms with Crippen LogP contribution in [0.4, 0.5) is 0 Å². The number of nitrogens with zero attached hydrogens (tertiary/aromatic N) is 2. The highest BCUT2D eigenvalue weighted by molar-refractivity contribution is 5.92. The molecule has 0 saturated carbocycles. The lowest BCUT2D eigenvalue weighted by atomic mass is 10.2. The van der Waals surface area contributed by atoms with Gasteiger partial charge in [-0.05, 0) is 26.0 Å². The average Bonchev–Trinajstić information content (AvgIpc) is 2.58. The lowest BCUT2D eigenvalue weighted by Crippen LogP contribution is -2.49. The van der Waals surface area contributed by atoms with Crippen LogP contribution in [0.5, 0.6) is 0 Å². The maximum atomic E-state index is 12.2. The van der Waals surface area contributed by atoms with Crippen LogP contribution in [0.1, 0.15) is 24.3 Å². The summed E-state index contributed by atoms with van der Waals surface area (Å²) in [5, 5.41) is 0.946. The summed E-state index contributed by atoms with van der Waals surface area (Å²) in [6.07, 6.45) is -0.0360. The zero-order chi connectivity index (χ0) is 17.1. The number of fused-ring (bicyclic) bond motifs is 1. The number of morpholine rings is 1. The fourth-order valence-corrected chi connectivity index (χ4v) is 2.85. The Hall–Kier alpha value is -2.47. The molecule has 1 aromatic heterocycles. The molecule has 6 nitrogen and oxygen atoms in total. The van der Waals surface area contributed by atoms with Crippen molar-refractivity contribution >= 4 is 22.8 Å². The maximum Gasteiger partial charge on any atom is 0.357 e. The molecular formula is C18H20N2O4. The van der Waals surface area contributed by atoms with E-state index in [-0.39, 0.29) is 30.4 Å². The molecule has 3 rings (SSSR count). The zero-order valence-electron chi connectivity index (χ0n) is 13.8. The molecule has 0 unspecified atom stereocenters. The molecule has 0 N–H and O–H groups in total. The summed E-state index contributed by atoms with van der Waals surface area (Å²) in [5.41, 5.74) is 0.916. The van der Waals surface area contributed by atoms with Gasteiger partial charge in [0.15, 0.2) is 6.61 Å². The van der Waals surface area contributed by atoms with E-state index in [1.54, 1.807) is 11.0 Å². The predicted octanol–water partition coefficient (Wildman–Crippen LogP) is 2.03. The Kier molecular flexibility index (Phi) is 4.76. The summed E-state index contributed by atoms with van der Waals surface area (Å²) in [5.74, 6) is -0.811. The third-order valence-corrected chi connectivity index (χ3v) is 3.91. The van der Waals surface area contributed by atoms with Gasteiger partial charge in [0, 0.05) is 18.5 Å². The Morgan fingerprint density at radius 2 is 1.88 bits per heavy atom. The van der Waals surface area contributed by atoms with Crippen LogP contribution >= 0.6 is 0 Å². The van der Waals surface area contributed by atoms with Gasteiger partial charge < -0.3 is 14.4 Å². The van der Waals surface area contributed by atoms with E-state index in [1.165, 1.54) is 0 Å². The summed E-state index contributed by atoms with van der Waals surface area (Å²) < 4.78 is 10.7. The van der Waals surface area contributed by atoms with Gasteiger partial charge in [0.25, 0.3) is 5.91 Å². The first-order valence-corrected chi connectivity index (χ1v) is 7.99. The lowest BCUT2D eigenvalue weighted by Gasteiger charge is -2.35. The number of benzene rings is 1. The minimum atomic E-state index is -0.594. The van der Waals surface area contributed by atoms with Crippen LogP contribution in [0, 0.1) is 0 Å². The number of pyridine rings is 1. The van der Waals surface area contributed by atoms with Gasteiger partial charge in [0.2, 0.25) is 0 Å². The fourth-order valence-electron chi connectivity index (χ4n) is 2.85. The van der Waals surface area contributed by atoms with Gasteiger partial charge in [0.1, 0.15) is 5.69 Å². The highest BCUT2D eigenvalue weighted by Crippen LogP contribution is 2.13. The standard InChI is InChI=1S/C18H20N2O4/c1-12-9-20(10-13(2)24-12)17(21)11-23-18(22)16-8-7-14-5-3-4-6-15(14)19-16/h3-8,12-13H,9-11H2,1-2H3/t12-,13-/m0/s1. The van der Waals surface area contributed by atoms with Crippen LogP contribution in [0.2, 0.25) is 0 Å². The summed E-state index contributed by atoms with van der Waals surface area (Å²) in [4.78, 5) is 30.3. The minimum Gasteiger partial charge on any atom is -0.451 e. The third-order valence-electron chi connectivity index (χ3n) is 3.91. The molecule has 6 heteroatoms. The van der Waals surface area contributed by atoms with E-state index in [0.29, 0.717) is 18.6 Å². The topological polar surface area (TPSA) is 68.7 Å². The Bertz CT molecular complexity index is 752. The van der Waals surface area contributed by atoms with Crippen LogP contribution in [-0.4, -0.2) is 53.7 Å². The molecule has 0 spiro atoms. The van der Waals surface area contributed by atoms with Crippen molar-refractivity contribution in [3.63, 3.8) is 0 Å². The molecule has 126 valence electrons. The first-order valence-electron chi connectivity index (χ1n) is 7.99. The van der Waals surface area contributed by atoms with Crippen molar-refractivity contribution in [2.45, 2.75) is 26.1 Å². The second kappa shape index (κ2) is 6.97. The molecule has 24 heavy (non-hydrogen) atoms. The van der Waals surface area contributed by atoms with Gasteiger partial charge in [0.05, 0.1) is 17.7 Å². The monoisotopic (exact) mass is 328 g/mol. The summed E-state index contributed by atoms with van der Waals surface area (Å²) in [6.45, 7) is 4.57. The summed E-state index contributed by atoms with van der Waals surface area (Å²) in [6, 6.07) is 10.9. The van der Waals surface area contributed by atoms with Gasteiger partial charge in [-0.25, -0.2) is 9.78 Å². The van der Waals surface area contributed by atoms with E-state index in [2.05, 4.69) is 4.98 Å². The van der Waals surface area contributed by atoms with Crippen molar-refractivity contribution in [1.82, 2.24) is 9.88 Å². The largest absolute Gasteiger partial charge is 0.451 e. The second-order valence-electron chi connectivity index (χ2n) is 6.02. The number of carbonyl (C=O) groups excluding carboxylic acids is 2. The van der Waals surface area contributed by atoms with Crippen molar-refractivity contribution in [3.05, 3.63) is 42.1 Å². The minimum absolute atomic E-state index is 0.0180. The molecule has 0 aliphatic carbocycles. The number of ether oxygens (including phenoxy) is 2. The van der Waals surface area contributed by atoms with Crippen molar-refractivity contribution in [2.24, 2.45) is 0 Å². The van der Waals surface area contributed by atoms with Crippen molar-refractivity contribution < 1.29 is 19.1 Å². The number of carbonyl (C=O) groups is 2. The predicted molar refractivity (Wildman–Crippen MR) is 88.6 cm³/mol. The molecule has 0 bridgehead atoms. The molecule has 1 amide bonds. The number of para-hydroxylation sites is 1.